The molecular formula is C25H26N4O5. The van der Waals surface area contributed by atoms with Crippen LogP contribution in [0.3, 0.4) is 0 Å². The van der Waals surface area contributed by atoms with Crippen molar-refractivity contribution >= 4 is 29.6 Å². The van der Waals surface area contributed by atoms with Crippen LogP contribution in [0.2, 0.25) is 0 Å². The number of nitrogens with zero attached hydrogens (tertiary/aromatic N) is 1. The van der Waals surface area contributed by atoms with Crippen molar-refractivity contribution in [1.29, 1.82) is 0 Å². The predicted octanol–water partition coefficient (Wildman–Crippen LogP) is 3.14. The molecule has 1 spiro atoms. The Morgan fingerprint density at radius 3 is 2.68 bits per heavy atom. The predicted molar refractivity (Wildman–Crippen MR) is 123 cm³/mol. The molecule has 0 bridgehead atoms. The van der Waals surface area contributed by atoms with Gasteiger partial charge in [-0.15, -0.1) is 0 Å². The number of urea groups is 1. The second-order valence-corrected chi connectivity index (χ2v) is 8.94. The third kappa shape index (κ3) is 3.67. The van der Waals surface area contributed by atoms with Gasteiger partial charge in [0.25, 0.3) is 5.91 Å². The number of fused-ring (bicyclic) bond motifs is 2. The van der Waals surface area contributed by atoms with Gasteiger partial charge in [-0.1, -0.05) is 36.4 Å². The number of likely N-dealkylation sites (tertiary alicyclic amines) is 1. The molecular weight excluding hydrogens is 436 g/mol. The molecule has 5 rings (SSSR count). The van der Waals surface area contributed by atoms with E-state index in [4.69, 9.17) is 4.74 Å². The SMILES string of the molecule is CNC(=O)Nc1ccc2c(c1)C(CC(=O)N1CCC[C@H]1c1ccccc1)C[C@@]21OC(=O)NC1=O. The van der Waals surface area contributed by atoms with Crippen molar-refractivity contribution in [2.75, 3.05) is 18.9 Å². The molecule has 2 fully saturated rings. The summed E-state index contributed by atoms with van der Waals surface area (Å²) < 4.78 is 5.49. The van der Waals surface area contributed by atoms with E-state index in [1.54, 1.807) is 18.2 Å². The Kier molecular flexibility index (Phi) is 5.47. The fourth-order valence-electron chi connectivity index (χ4n) is 5.44. The minimum absolute atomic E-state index is 0.00579. The smallest absolute Gasteiger partial charge is 0.415 e. The zero-order valence-corrected chi connectivity index (χ0v) is 18.8. The number of hydrogen-bond acceptors (Lipinski definition) is 5. The molecule has 9 heteroatoms. The summed E-state index contributed by atoms with van der Waals surface area (Å²) >= 11 is 0. The van der Waals surface area contributed by atoms with E-state index in [0.717, 1.165) is 24.0 Å². The van der Waals surface area contributed by atoms with Crippen molar-refractivity contribution in [3.63, 3.8) is 0 Å². The van der Waals surface area contributed by atoms with Gasteiger partial charge in [0.1, 0.15) is 0 Å². The Hall–Kier alpha value is -3.88. The zero-order chi connectivity index (χ0) is 23.9. The molecule has 1 aliphatic carbocycles. The van der Waals surface area contributed by atoms with Gasteiger partial charge in [-0.05, 0) is 42.0 Å². The lowest BCUT2D eigenvalue weighted by Gasteiger charge is -2.27. The highest BCUT2D eigenvalue weighted by Gasteiger charge is 2.57. The lowest BCUT2D eigenvalue weighted by Crippen LogP contribution is -2.35. The van der Waals surface area contributed by atoms with Crippen LogP contribution in [-0.2, 0) is 19.9 Å². The summed E-state index contributed by atoms with van der Waals surface area (Å²) in [4.78, 5) is 51.9. The molecule has 3 atom stereocenters. The molecule has 0 radical (unpaired) electrons. The Morgan fingerprint density at radius 2 is 1.97 bits per heavy atom. The number of nitrogens with one attached hydrogen (secondary N) is 3. The third-order valence-electron chi connectivity index (χ3n) is 6.97. The Morgan fingerprint density at radius 1 is 1.18 bits per heavy atom. The summed E-state index contributed by atoms with van der Waals surface area (Å²) in [6.45, 7) is 0.677. The summed E-state index contributed by atoms with van der Waals surface area (Å²) in [7, 11) is 1.51. The molecule has 2 saturated heterocycles. The summed E-state index contributed by atoms with van der Waals surface area (Å²) in [6.07, 6.45) is 1.39. The van der Waals surface area contributed by atoms with Crippen LogP contribution in [0.5, 0.6) is 0 Å². The Bertz CT molecular complexity index is 1170. The topological polar surface area (TPSA) is 117 Å². The average molecular weight is 463 g/mol. The number of alkyl carbamates (subject to hydrolysis) is 1. The van der Waals surface area contributed by atoms with Crippen LogP contribution in [0.15, 0.2) is 48.5 Å². The molecule has 1 unspecified atom stereocenters. The maximum Gasteiger partial charge on any atom is 0.415 e. The van der Waals surface area contributed by atoms with E-state index < -0.39 is 17.6 Å². The van der Waals surface area contributed by atoms with Crippen LogP contribution < -0.4 is 16.0 Å². The summed E-state index contributed by atoms with van der Waals surface area (Å²) in [5.41, 5.74) is 1.46. The van der Waals surface area contributed by atoms with Gasteiger partial charge in [0, 0.05) is 37.7 Å². The van der Waals surface area contributed by atoms with Crippen LogP contribution in [0.1, 0.15) is 54.3 Å². The molecule has 9 nitrogen and oxygen atoms in total. The monoisotopic (exact) mass is 462 g/mol. The highest BCUT2D eigenvalue weighted by atomic mass is 16.6. The van der Waals surface area contributed by atoms with Crippen molar-refractivity contribution in [1.82, 2.24) is 15.5 Å². The minimum Gasteiger partial charge on any atom is -0.427 e. The highest BCUT2D eigenvalue weighted by Crippen LogP contribution is 2.51. The van der Waals surface area contributed by atoms with Gasteiger partial charge >= 0.3 is 12.1 Å². The fraction of sp³-hybridized carbons (Fsp3) is 0.360. The van der Waals surface area contributed by atoms with Crippen molar-refractivity contribution < 1.29 is 23.9 Å². The zero-order valence-electron chi connectivity index (χ0n) is 18.8. The Labute approximate surface area is 196 Å². The number of carbonyl (C=O) groups is 4. The number of ether oxygens (including phenoxy) is 1. The molecule has 5 amide bonds. The summed E-state index contributed by atoms with van der Waals surface area (Å²) in [5.74, 6) is -0.875. The fourth-order valence-corrected chi connectivity index (χ4v) is 5.44. The second kappa shape index (κ2) is 8.48. The normalized spacial score (nSPS) is 25.1. The number of benzene rings is 2. The van der Waals surface area contributed by atoms with Gasteiger partial charge in [-0.25, -0.2) is 9.59 Å². The Balaban J connectivity index is 1.44. The highest BCUT2D eigenvalue weighted by molar-refractivity contribution is 6.04. The molecule has 2 aromatic carbocycles. The van der Waals surface area contributed by atoms with Gasteiger partial charge < -0.3 is 20.3 Å². The molecule has 0 saturated carbocycles. The summed E-state index contributed by atoms with van der Waals surface area (Å²) in [6, 6.07) is 14.7. The van der Waals surface area contributed by atoms with E-state index in [9.17, 15) is 19.2 Å². The molecule has 34 heavy (non-hydrogen) atoms. The summed E-state index contributed by atoms with van der Waals surface area (Å²) in [5, 5.41) is 7.45. The first-order chi connectivity index (χ1) is 16.4. The number of imide groups is 1. The van der Waals surface area contributed by atoms with Crippen molar-refractivity contribution in [3.05, 3.63) is 65.2 Å². The lowest BCUT2D eigenvalue weighted by atomic mass is 9.94. The van der Waals surface area contributed by atoms with Gasteiger partial charge in [0.15, 0.2) is 0 Å². The van der Waals surface area contributed by atoms with Crippen molar-refractivity contribution in [2.24, 2.45) is 0 Å². The molecule has 2 aromatic rings. The van der Waals surface area contributed by atoms with E-state index >= 15 is 0 Å². The first kappa shape index (κ1) is 21.9. The van der Waals surface area contributed by atoms with Crippen LogP contribution in [-0.4, -0.2) is 42.4 Å². The maximum absolute atomic E-state index is 13.5. The average Bonchev–Trinajstić information content (AvgIpc) is 3.51. The van der Waals surface area contributed by atoms with Crippen LogP contribution in [0.4, 0.5) is 15.3 Å². The van der Waals surface area contributed by atoms with E-state index in [2.05, 4.69) is 16.0 Å². The van der Waals surface area contributed by atoms with Gasteiger partial charge in [-0.2, -0.15) is 0 Å². The minimum atomic E-state index is -1.45. The number of rotatable bonds is 4. The van der Waals surface area contributed by atoms with E-state index in [-0.39, 0.29) is 36.7 Å². The van der Waals surface area contributed by atoms with Crippen LogP contribution in [0.25, 0.3) is 0 Å². The quantitative estimate of drug-likeness (QED) is 0.645. The number of amides is 5. The van der Waals surface area contributed by atoms with Crippen LogP contribution >= 0.6 is 0 Å². The first-order valence-corrected chi connectivity index (χ1v) is 11.4. The molecule has 3 aliphatic rings. The molecule has 0 aromatic heterocycles. The van der Waals surface area contributed by atoms with E-state index in [0.29, 0.717) is 17.8 Å². The number of anilines is 1. The van der Waals surface area contributed by atoms with E-state index in [1.807, 2.05) is 35.2 Å². The molecule has 176 valence electrons. The second-order valence-electron chi connectivity index (χ2n) is 8.94. The first-order valence-electron chi connectivity index (χ1n) is 11.4. The van der Waals surface area contributed by atoms with Gasteiger partial charge in [0.2, 0.25) is 11.5 Å². The lowest BCUT2D eigenvalue weighted by molar-refractivity contribution is -0.135. The van der Waals surface area contributed by atoms with Crippen molar-refractivity contribution in [3.8, 4) is 0 Å². The number of carbonyl (C=O) groups excluding carboxylic acids is 4. The maximum atomic E-state index is 13.5. The largest absolute Gasteiger partial charge is 0.427 e. The molecule has 2 heterocycles. The molecule has 2 aliphatic heterocycles. The number of hydrogen-bond donors (Lipinski definition) is 3. The van der Waals surface area contributed by atoms with Crippen LogP contribution in [0, 0.1) is 0 Å². The van der Waals surface area contributed by atoms with E-state index in [1.165, 1.54) is 7.05 Å². The standard InChI is InChI=1S/C25H26N4O5/c1-26-23(32)27-17-9-10-19-18(13-17)16(14-25(19)22(31)28-24(33)34-25)12-21(30)29-11-5-8-20(29)15-6-3-2-4-7-15/h2-4,6-7,9-10,13,16,20H,5,8,11-12,14H2,1H3,(H2,26,27,32)(H,28,31,33)/t16?,20-,25+/m0/s1. The molecule has 3 N–H and O–H groups in total. The van der Waals surface area contributed by atoms with Crippen molar-refractivity contribution in [2.45, 2.75) is 43.2 Å². The van der Waals surface area contributed by atoms with Gasteiger partial charge in [0.05, 0.1) is 6.04 Å². The third-order valence-corrected chi connectivity index (χ3v) is 6.97. The van der Waals surface area contributed by atoms with Gasteiger partial charge in [-0.3, -0.25) is 14.9 Å².